The molecule has 0 radical (unpaired) electrons. The molecule has 0 unspecified atom stereocenters. The second-order valence-corrected chi connectivity index (χ2v) is 5.61. The Morgan fingerprint density at radius 3 is 2.77 bits per heavy atom. The Bertz CT molecular complexity index is 596. The SMILES string of the molecule is CCc1nc(CN2CCCN(c3ccc(C)nn3)CC2)no1. The molecule has 2 aromatic heterocycles. The number of anilines is 1. The highest BCUT2D eigenvalue weighted by molar-refractivity contribution is 5.37. The predicted molar refractivity (Wildman–Crippen MR) is 82.6 cm³/mol. The molecule has 7 nitrogen and oxygen atoms in total. The largest absolute Gasteiger partial charge is 0.354 e. The highest BCUT2D eigenvalue weighted by atomic mass is 16.5. The molecule has 0 aromatic carbocycles. The predicted octanol–water partition coefficient (Wildman–Crippen LogP) is 1.44. The van der Waals surface area contributed by atoms with E-state index in [1.165, 1.54) is 0 Å². The van der Waals surface area contributed by atoms with Crippen LogP contribution in [-0.4, -0.2) is 51.4 Å². The van der Waals surface area contributed by atoms with Gasteiger partial charge in [0.2, 0.25) is 5.89 Å². The van der Waals surface area contributed by atoms with E-state index in [0.29, 0.717) is 5.89 Å². The lowest BCUT2D eigenvalue weighted by atomic mass is 10.3. The van der Waals surface area contributed by atoms with Crippen molar-refractivity contribution in [1.29, 1.82) is 0 Å². The molecule has 0 atom stereocenters. The summed E-state index contributed by atoms with van der Waals surface area (Å²) >= 11 is 0. The van der Waals surface area contributed by atoms with Gasteiger partial charge in [-0.2, -0.15) is 10.1 Å². The van der Waals surface area contributed by atoms with E-state index in [0.717, 1.165) is 62.9 Å². The Hall–Kier alpha value is -2.02. The van der Waals surface area contributed by atoms with Gasteiger partial charge in [0.05, 0.1) is 12.2 Å². The van der Waals surface area contributed by atoms with Crippen molar-refractivity contribution in [3.8, 4) is 0 Å². The molecular formula is C15H22N6O. The minimum Gasteiger partial charge on any atom is -0.354 e. The van der Waals surface area contributed by atoms with Crippen LogP contribution in [0.25, 0.3) is 0 Å². The number of hydrogen-bond donors (Lipinski definition) is 0. The number of rotatable bonds is 4. The Morgan fingerprint density at radius 2 is 2.05 bits per heavy atom. The molecule has 1 aliphatic heterocycles. The molecule has 3 rings (SSSR count). The van der Waals surface area contributed by atoms with Gasteiger partial charge in [0.15, 0.2) is 11.6 Å². The molecule has 1 saturated heterocycles. The summed E-state index contributed by atoms with van der Waals surface area (Å²) in [4.78, 5) is 9.04. The van der Waals surface area contributed by atoms with Crippen molar-refractivity contribution in [3.05, 3.63) is 29.5 Å². The molecule has 0 N–H and O–H groups in total. The summed E-state index contributed by atoms with van der Waals surface area (Å²) in [5.74, 6) is 2.45. The Kier molecular flexibility index (Phi) is 4.62. The average Bonchev–Trinajstić information content (AvgIpc) is 2.86. The molecule has 118 valence electrons. The average molecular weight is 302 g/mol. The Morgan fingerprint density at radius 1 is 1.14 bits per heavy atom. The molecule has 0 saturated carbocycles. The van der Waals surface area contributed by atoms with E-state index in [4.69, 9.17) is 4.52 Å². The van der Waals surface area contributed by atoms with Gasteiger partial charge in [-0.3, -0.25) is 4.90 Å². The summed E-state index contributed by atoms with van der Waals surface area (Å²) in [6, 6.07) is 4.06. The van der Waals surface area contributed by atoms with Crippen LogP contribution in [0, 0.1) is 6.92 Å². The Labute approximate surface area is 130 Å². The van der Waals surface area contributed by atoms with Crippen LogP contribution in [0.1, 0.15) is 30.8 Å². The first-order valence-electron chi connectivity index (χ1n) is 7.83. The molecule has 3 heterocycles. The molecule has 0 bridgehead atoms. The maximum atomic E-state index is 5.17. The molecule has 0 aliphatic carbocycles. The zero-order valence-corrected chi connectivity index (χ0v) is 13.2. The van der Waals surface area contributed by atoms with Gasteiger partial charge in [0.1, 0.15) is 0 Å². The highest BCUT2D eigenvalue weighted by Crippen LogP contribution is 2.14. The van der Waals surface area contributed by atoms with Crippen LogP contribution in [0.5, 0.6) is 0 Å². The Balaban J connectivity index is 1.58. The maximum Gasteiger partial charge on any atom is 0.226 e. The smallest absolute Gasteiger partial charge is 0.226 e. The molecule has 1 fully saturated rings. The van der Waals surface area contributed by atoms with E-state index in [1.54, 1.807) is 0 Å². The fourth-order valence-electron chi connectivity index (χ4n) is 2.62. The highest BCUT2D eigenvalue weighted by Gasteiger charge is 2.18. The summed E-state index contributed by atoms with van der Waals surface area (Å²) in [6.07, 6.45) is 1.88. The van der Waals surface area contributed by atoms with Crippen LogP contribution in [0.3, 0.4) is 0 Å². The third-order valence-electron chi connectivity index (χ3n) is 3.87. The van der Waals surface area contributed by atoms with Gasteiger partial charge < -0.3 is 9.42 Å². The lowest BCUT2D eigenvalue weighted by Crippen LogP contribution is -2.31. The van der Waals surface area contributed by atoms with Crippen molar-refractivity contribution in [3.63, 3.8) is 0 Å². The summed E-state index contributed by atoms with van der Waals surface area (Å²) in [5, 5.41) is 12.5. The van der Waals surface area contributed by atoms with E-state index < -0.39 is 0 Å². The first kappa shape index (κ1) is 14.9. The van der Waals surface area contributed by atoms with Crippen LogP contribution in [0.15, 0.2) is 16.7 Å². The van der Waals surface area contributed by atoms with Gasteiger partial charge in [-0.1, -0.05) is 12.1 Å². The van der Waals surface area contributed by atoms with Crippen molar-refractivity contribution in [2.75, 3.05) is 31.1 Å². The fourth-order valence-corrected chi connectivity index (χ4v) is 2.62. The molecular weight excluding hydrogens is 280 g/mol. The number of aromatic nitrogens is 4. The normalized spacial score (nSPS) is 16.7. The number of aryl methyl sites for hydroxylation is 2. The third kappa shape index (κ3) is 3.59. The van der Waals surface area contributed by atoms with Gasteiger partial charge in [0.25, 0.3) is 0 Å². The van der Waals surface area contributed by atoms with E-state index in [1.807, 2.05) is 26.0 Å². The van der Waals surface area contributed by atoms with Crippen molar-refractivity contribution < 1.29 is 4.52 Å². The number of hydrogen-bond acceptors (Lipinski definition) is 7. The fraction of sp³-hybridized carbons (Fsp3) is 0.600. The van der Waals surface area contributed by atoms with Crippen molar-refractivity contribution >= 4 is 5.82 Å². The second-order valence-electron chi connectivity index (χ2n) is 5.61. The lowest BCUT2D eigenvalue weighted by molar-refractivity contribution is 0.271. The minimum atomic E-state index is 0.710. The monoisotopic (exact) mass is 302 g/mol. The summed E-state index contributed by atoms with van der Waals surface area (Å²) < 4.78 is 5.17. The molecule has 0 spiro atoms. The second kappa shape index (κ2) is 6.83. The van der Waals surface area contributed by atoms with Crippen LogP contribution in [0.2, 0.25) is 0 Å². The van der Waals surface area contributed by atoms with Crippen LogP contribution in [0.4, 0.5) is 5.82 Å². The van der Waals surface area contributed by atoms with Gasteiger partial charge in [-0.25, -0.2) is 0 Å². The molecule has 0 amide bonds. The number of nitrogens with zero attached hydrogens (tertiary/aromatic N) is 6. The molecule has 2 aromatic rings. The third-order valence-corrected chi connectivity index (χ3v) is 3.87. The summed E-state index contributed by atoms with van der Waals surface area (Å²) in [7, 11) is 0. The zero-order chi connectivity index (χ0) is 15.4. The topological polar surface area (TPSA) is 71.2 Å². The first-order chi connectivity index (χ1) is 10.7. The van der Waals surface area contributed by atoms with Gasteiger partial charge in [-0.05, 0) is 25.5 Å². The molecule has 7 heteroatoms. The van der Waals surface area contributed by atoms with E-state index >= 15 is 0 Å². The van der Waals surface area contributed by atoms with E-state index in [-0.39, 0.29) is 0 Å². The molecule has 1 aliphatic rings. The van der Waals surface area contributed by atoms with Gasteiger partial charge >= 0.3 is 0 Å². The van der Waals surface area contributed by atoms with Crippen LogP contribution in [-0.2, 0) is 13.0 Å². The lowest BCUT2D eigenvalue weighted by Gasteiger charge is -2.21. The van der Waals surface area contributed by atoms with Crippen molar-refractivity contribution in [1.82, 2.24) is 25.2 Å². The standard InChI is InChI=1S/C15H22N6O/c1-3-15-16-13(19-22-15)11-20-7-4-8-21(10-9-20)14-6-5-12(2)17-18-14/h5-6H,3-4,7-11H2,1-2H3. The van der Waals surface area contributed by atoms with Crippen molar-refractivity contribution in [2.24, 2.45) is 0 Å². The maximum absolute atomic E-state index is 5.17. The van der Waals surface area contributed by atoms with E-state index in [9.17, 15) is 0 Å². The zero-order valence-electron chi connectivity index (χ0n) is 13.2. The van der Waals surface area contributed by atoms with Crippen LogP contribution < -0.4 is 4.90 Å². The van der Waals surface area contributed by atoms with Crippen LogP contribution >= 0.6 is 0 Å². The summed E-state index contributed by atoms with van der Waals surface area (Å²) in [6.45, 7) is 8.66. The quantitative estimate of drug-likeness (QED) is 0.846. The van der Waals surface area contributed by atoms with Gasteiger partial charge in [-0.15, -0.1) is 5.10 Å². The van der Waals surface area contributed by atoms with Crippen molar-refractivity contribution in [2.45, 2.75) is 33.2 Å². The van der Waals surface area contributed by atoms with E-state index in [2.05, 4.69) is 30.1 Å². The summed E-state index contributed by atoms with van der Waals surface area (Å²) in [5.41, 5.74) is 0.948. The molecule has 22 heavy (non-hydrogen) atoms. The van der Waals surface area contributed by atoms with Gasteiger partial charge in [0, 0.05) is 32.6 Å². The minimum absolute atomic E-state index is 0.710. The first-order valence-corrected chi connectivity index (χ1v) is 7.83.